The van der Waals surface area contributed by atoms with Gasteiger partial charge in [-0.25, -0.2) is 0 Å². The molecule has 1 saturated heterocycles. The van der Waals surface area contributed by atoms with Crippen molar-refractivity contribution in [2.45, 2.75) is 31.4 Å². The Kier molecular flexibility index (Phi) is 4.49. The van der Waals surface area contributed by atoms with Crippen LogP contribution < -0.4 is 4.74 Å². The molecule has 1 fully saturated rings. The molecule has 0 saturated carbocycles. The highest BCUT2D eigenvalue weighted by Gasteiger charge is 2.24. The SMILES string of the molecule is CCOc1ccccc1C(=O)C1CCCCS1. The van der Waals surface area contributed by atoms with Crippen LogP contribution in [0.2, 0.25) is 0 Å². The molecule has 1 atom stereocenters. The fourth-order valence-corrected chi connectivity index (χ4v) is 3.34. The molecule has 92 valence electrons. The number of carbonyl (C=O) groups is 1. The number of thioether (sulfide) groups is 1. The Hall–Kier alpha value is -0.960. The van der Waals surface area contributed by atoms with Gasteiger partial charge in [0.25, 0.3) is 0 Å². The fourth-order valence-electron chi connectivity index (χ4n) is 2.07. The minimum absolute atomic E-state index is 0.130. The highest BCUT2D eigenvalue weighted by molar-refractivity contribution is 8.00. The maximum absolute atomic E-state index is 12.4. The number of para-hydroxylation sites is 1. The summed E-state index contributed by atoms with van der Waals surface area (Å²) in [5.41, 5.74) is 0.744. The molecule has 17 heavy (non-hydrogen) atoms. The van der Waals surface area contributed by atoms with E-state index in [4.69, 9.17) is 4.74 Å². The first-order chi connectivity index (χ1) is 8.33. The van der Waals surface area contributed by atoms with Gasteiger partial charge >= 0.3 is 0 Å². The Morgan fingerprint density at radius 3 is 2.94 bits per heavy atom. The first-order valence-electron chi connectivity index (χ1n) is 6.20. The smallest absolute Gasteiger partial charge is 0.179 e. The van der Waals surface area contributed by atoms with Gasteiger partial charge < -0.3 is 4.74 Å². The van der Waals surface area contributed by atoms with Crippen molar-refractivity contribution < 1.29 is 9.53 Å². The summed E-state index contributed by atoms with van der Waals surface area (Å²) in [5.74, 6) is 2.07. The number of carbonyl (C=O) groups excluding carboxylic acids is 1. The van der Waals surface area contributed by atoms with Gasteiger partial charge in [-0.15, -0.1) is 0 Å². The lowest BCUT2D eigenvalue weighted by Gasteiger charge is -2.21. The summed E-state index contributed by atoms with van der Waals surface area (Å²) >= 11 is 1.79. The van der Waals surface area contributed by atoms with Crippen LogP contribution in [0, 0.1) is 0 Å². The molecule has 1 heterocycles. The Balaban J connectivity index is 2.17. The zero-order valence-corrected chi connectivity index (χ0v) is 11.0. The third kappa shape index (κ3) is 3.03. The van der Waals surface area contributed by atoms with Crippen LogP contribution >= 0.6 is 11.8 Å². The molecule has 0 bridgehead atoms. The van der Waals surface area contributed by atoms with Gasteiger partial charge in [-0.3, -0.25) is 4.79 Å². The number of hydrogen-bond donors (Lipinski definition) is 0. The molecule has 2 rings (SSSR count). The van der Waals surface area contributed by atoms with Crippen molar-refractivity contribution in [2.75, 3.05) is 12.4 Å². The molecule has 2 nitrogen and oxygen atoms in total. The molecule has 1 aromatic carbocycles. The largest absolute Gasteiger partial charge is 0.493 e. The molecule has 1 unspecified atom stereocenters. The van der Waals surface area contributed by atoms with Crippen LogP contribution in [0.3, 0.4) is 0 Å². The second-order valence-electron chi connectivity index (χ2n) is 4.15. The van der Waals surface area contributed by atoms with E-state index in [-0.39, 0.29) is 11.0 Å². The lowest BCUT2D eigenvalue weighted by Crippen LogP contribution is -2.21. The van der Waals surface area contributed by atoms with E-state index in [2.05, 4.69) is 0 Å². The minimum atomic E-state index is 0.130. The molecule has 0 N–H and O–H groups in total. The van der Waals surface area contributed by atoms with E-state index >= 15 is 0 Å². The summed E-state index contributed by atoms with van der Waals surface area (Å²) in [4.78, 5) is 12.4. The number of benzene rings is 1. The Bertz CT molecular complexity index is 384. The molecule has 1 aliphatic rings. The first kappa shape index (κ1) is 12.5. The molecular weight excluding hydrogens is 232 g/mol. The highest BCUT2D eigenvalue weighted by Crippen LogP contribution is 2.30. The fraction of sp³-hybridized carbons (Fsp3) is 0.500. The minimum Gasteiger partial charge on any atom is -0.493 e. The highest BCUT2D eigenvalue weighted by atomic mass is 32.2. The summed E-state index contributed by atoms with van der Waals surface area (Å²) < 4.78 is 5.52. The predicted molar refractivity (Wildman–Crippen MR) is 72.0 cm³/mol. The third-order valence-corrected chi connectivity index (χ3v) is 4.30. The molecule has 0 spiro atoms. The van der Waals surface area contributed by atoms with E-state index in [0.717, 1.165) is 23.5 Å². The zero-order valence-electron chi connectivity index (χ0n) is 10.1. The van der Waals surface area contributed by atoms with Gasteiger partial charge in [0, 0.05) is 0 Å². The van der Waals surface area contributed by atoms with Crippen molar-refractivity contribution in [2.24, 2.45) is 0 Å². The monoisotopic (exact) mass is 250 g/mol. The molecule has 0 radical (unpaired) electrons. The number of rotatable bonds is 4. The van der Waals surface area contributed by atoms with Gasteiger partial charge in [-0.05, 0) is 37.7 Å². The van der Waals surface area contributed by atoms with Crippen molar-refractivity contribution >= 4 is 17.5 Å². The number of hydrogen-bond acceptors (Lipinski definition) is 3. The van der Waals surface area contributed by atoms with Crippen molar-refractivity contribution in [3.8, 4) is 5.75 Å². The van der Waals surface area contributed by atoms with E-state index in [1.807, 2.05) is 31.2 Å². The number of ether oxygens (including phenoxy) is 1. The molecule has 1 aromatic rings. The van der Waals surface area contributed by atoms with Crippen molar-refractivity contribution in [1.82, 2.24) is 0 Å². The normalized spacial score (nSPS) is 19.9. The lowest BCUT2D eigenvalue weighted by atomic mass is 10.0. The molecule has 0 amide bonds. The van der Waals surface area contributed by atoms with Gasteiger partial charge in [-0.2, -0.15) is 11.8 Å². The van der Waals surface area contributed by atoms with Crippen molar-refractivity contribution in [1.29, 1.82) is 0 Å². The van der Waals surface area contributed by atoms with Gasteiger partial charge in [0.2, 0.25) is 0 Å². The second-order valence-corrected chi connectivity index (χ2v) is 5.46. The summed E-state index contributed by atoms with van der Waals surface area (Å²) in [6.07, 6.45) is 3.41. The van der Waals surface area contributed by atoms with Gasteiger partial charge in [0.1, 0.15) is 5.75 Å². The summed E-state index contributed by atoms with van der Waals surface area (Å²) in [6, 6.07) is 7.58. The summed E-state index contributed by atoms with van der Waals surface area (Å²) in [5, 5.41) is 0.130. The van der Waals surface area contributed by atoms with Crippen LogP contribution in [-0.4, -0.2) is 23.4 Å². The van der Waals surface area contributed by atoms with Gasteiger partial charge in [0.15, 0.2) is 5.78 Å². The molecule has 0 aromatic heterocycles. The quantitative estimate of drug-likeness (QED) is 0.764. The van der Waals surface area contributed by atoms with Crippen LogP contribution in [0.25, 0.3) is 0 Å². The van der Waals surface area contributed by atoms with Gasteiger partial charge in [0.05, 0.1) is 17.4 Å². The molecular formula is C14H18O2S. The molecule has 0 aliphatic carbocycles. The van der Waals surface area contributed by atoms with Gasteiger partial charge in [-0.1, -0.05) is 18.6 Å². The van der Waals surface area contributed by atoms with E-state index in [9.17, 15) is 4.79 Å². The maximum Gasteiger partial charge on any atom is 0.179 e. The van der Waals surface area contributed by atoms with Crippen molar-refractivity contribution in [3.63, 3.8) is 0 Å². The summed E-state index contributed by atoms with van der Waals surface area (Å²) in [7, 11) is 0. The Labute approximate surface area is 107 Å². The maximum atomic E-state index is 12.4. The number of Topliss-reactive ketones (excluding diaryl/α,β-unsaturated/α-hetero) is 1. The van der Waals surface area contributed by atoms with Crippen LogP contribution in [0.5, 0.6) is 5.75 Å². The Morgan fingerprint density at radius 2 is 2.24 bits per heavy atom. The predicted octanol–water partition coefficient (Wildman–Crippen LogP) is 3.55. The lowest BCUT2D eigenvalue weighted by molar-refractivity contribution is 0.0981. The van der Waals surface area contributed by atoms with Crippen LogP contribution in [0.1, 0.15) is 36.5 Å². The van der Waals surface area contributed by atoms with E-state index in [0.29, 0.717) is 6.61 Å². The standard InChI is InChI=1S/C14H18O2S/c1-2-16-12-8-4-3-7-11(12)14(15)13-9-5-6-10-17-13/h3-4,7-8,13H,2,5-6,9-10H2,1H3. The summed E-state index contributed by atoms with van der Waals surface area (Å²) in [6.45, 7) is 2.54. The average Bonchev–Trinajstić information content (AvgIpc) is 2.40. The second kappa shape index (κ2) is 6.10. The van der Waals surface area contributed by atoms with E-state index in [1.54, 1.807) is 11.8 Å². The average molecular weight is 250 g/mol. The van der Waals surface area contributed by atoms with Crippen LogP contribution in [-0.2, 0) is 0 Å². The first-order valence-corrected chi connectivity index (χ1v) is 7.25. The van der Waals surface area contributed by atoms with E-state index in [1.165, 1.54) is 12.8 Å². The molecule has 3 heteroatoms. The van der Waals surface area contributed by atoms with Crippen LogP contribution in [0.15, 0.2) is 24.3 Å². The Morgan fingerprint density at radius 1 is 1.41 bits per heavy atom. The van der Waals surface area contributed by atoms with Crippen LogP contribution in [0.4, 0.5) is 0 Å². The third-order valence-electron chi connectivity index (χ3n) is 2.92. The zero-order chi connectivity index (χ0) is 12.1. The number of ketones is 1. The topological polar surface area (TPSA) is 26.3 Å². The molecule has 1 aliphatic heterocycles. The van der Waals surface area contributed by atoms with E-state index < -0.39 is 0 Å². The van der Waals surface area contributed by atoms with Crippen molar-refractivity contribution in [3.05, 3.63) is 29.8 Å².